The molecule has 1 aliphatic carbocycles. The number of H-pyrrole nitrogens is 1. The Morgan fingerprint density at radius 1 is 1.47 bits per heavy atom. The summed E-state index contributed by atoms with van der Waals surface area (Å²) in [6.45, 7) is 2.05. The first kappa shape index (κ1) is 12.1. The van der Waals surface area contributed by atoms with Gasteiger partial charge in [-0.15, -0.1) is 0 Å². The van der Waals surface area contributed by atoms with Crippen molar-refractivity contribution < 1.29 is 14.6 Å². The second-order valence-corrected chi connectivity index (χ2v) is 5.25. The van der Waals surface area contributed by atoms with Gasteiger partial charge < -0.3 is 14.8 Å². The van der Waals surface area contributed by atoms with Gasteiger partial charge in [-0.05, 0) is 43.0 Å². The zero-order valence-electron chi connectivity index (χ0n) is 11.1. The Kier molecular flexibility index (Phi) is 2.73. The molecule has 4 nitrogen and oxygen atoms in total. The van der Waals surface area contributed by atoms with E-state index in [9.17, 15) is 4.79 Å². The van der Waals surface area contributed by atoms with Gasteiger partial charge in [0, 0.05) is 17.5 Å². The van der Waals surface area contributed by atoms with Gasteiger partial charge in [-0.3, -0.25) is 4.79 Å². The molecule has 1 heterocycles. The van der Waals surface area contributed by atoms with E-state index < -0.39 is 5.97 Å². The Balaban J connectivity index is 2.15. The highest BCUT2D eigenvalue weighted by Gasteiger charge is 2.27. The number of hydrogen-bond acceptors (Lipinski definition) is 2. The Labute approximate surface area is 111 Å². The van der Waals surface area contributed by atoms with E-state index in [0.29, 0.717) is 12.8 Å². The number of fused-ring (bicyclic) bond motifs is 3. The molecule has 1 unspecified atom stereocenters. The molecule has 2 N–H and O–H groups in total. The highest BCUT2D eigenvalue weighted by atomic mass is 16.5. The quantitative estimate of drug-likeness (QED) is 0.871. The molecule has 0 saturated heterocycles. The molecule has 0 bridgehead atoms. The van der Waals surface area contributed by atoms with Crippen LogP contribution < -0.4 is 4.74 Å². The molecular formula is C15H17NO3. The van der Waals surface area contributed by atoms with Crippen LogP contribution in [-0.4, -0.2) is 23.2 Å². The van der Waals surface area contributed by atoms with Crippen LogP contribution in [0.5, 0.6) is 5.75 Å². The van der Waals surface area contributed by atoms with E-state index in [1.807, 2.05) is 13.0 Å². The summed E-state index contributed by atoms with van der Waals surface area (Å²) in [6.07, 6.45) is 2.12. The van der Waals surface area contributed by atoms with Crippen LogP contribution in [0, 0.1) is 12.8 Å². The number of carboxylic acid groups (broad SMARTS) is 1. The second kappa shape index (κ2) is 4.30. The maximum Gasteiger partial charge on any atom is 0.306 e. The lowest BCUT2D eigenvalue weighted by molar-refractivity contribution is -0.142. The fourth-order valence-corrected chi connectivity index (χ4v) is 3.01. The van der Waals surface area contributed by atoms with Crippen molar-refractivity contribution in [3.05, 3.63) is 29.0 Å². The van der Waals surface area contributed by atoms with Crippen molar-refractivity contribution in [1.29, 1.82) is 0 Å². The molecule has 0 amide bonds. The predicted octanol–water partition coefficient (Wildman–Crippen LogP) is 2.67. The number of aliphatic carboxylic acids is 1. The van der Waals surface area contributed by atoms with E-state index >= 15 is 0 Å². The van der Waals surface area contributed by atoms with Gasteiger partial charge in [-0.2, -0.15) is 0 Å². The number of aromatic nitrogens is 1. The molecule has 1 aromatic carbocycles. The van der Waals surface area contributed by atoms with Gasteiger partial charge in [0.05, 0.1) is 18.5 Å². The van der Waals surface area contributed by atoms with Crippen LogP contribution in [0.3, 0.4) is 0 Å². The fourth-order valence-electron chi connectivity index (χ4n) is 3.01. The van der Waals surface area contributed by atoms with E-state index in [-0.39, 0.29) is 5.92 Å². The average Bonchev–Trinajstić information content (AvgIpc) is 2.75. The Hall–Kier alpha value is -1.97. The Morgan fingerprint density at radius 2 is 2.26 bits per heavy atom. The highest BCUT2D eigenvalue weighted by Crippen LogP contribution is 2.36. The molecule has 0 saturated carbocycles. The SMILES string of the molecule is COc1cc(C)cc2c3c([nH]c12)CC(C(=O)O)CC3. The van der Waals surface area contributed by atoms with Gasteiger partial charge in [-0.1, -0.05) is 0 Å². The van der Waals surface area contributed by atoms with Crippen LogP contribution in [-0.2, 0) is 17.6 Å². The number of aromatic amines is 1. The third-order valence-corrected chi connectivity index (χ3v) is 3.97. The summed E-state index contributed by atoms with van der Waals surface area (Å²) < 4.78 is 5.41. The molecular weight excluding hydrogens is 242 g/mol. The molecule has 0 aliphatic heterocycles. The smallest absolute Gasteiger partial charge is 0.306 e. The maximum atomic E-state index is 11.1. The lowest BCUT2D eigenvalue weighted by Crippen LogP contribution is -2.21. The van der Waals surface area contributed by atoms with Crippen LogP contribution in [0.15, 0.2) is 12.1 Å². The summed E-state index contributed by atoms with van der Waals surface area (Å²) in [7, 11) is 1.66. The number of ether oxygens (including phenoxy) is 1. The van der Waals surface area contributed by atoms with Crippen LogP contribution in [0.4, 0.5) is 0 Å². The molecule has 0 radical (unpaired) electrons. The summed E-state index contributed by atoms with van der Waals surface area (Å²) in [6, 6.07) is 4.15. The number of aryl methyl sites for hydroxylation is 2. The van der Waals surface area contributed by atoms with E-state index in [1.165, 1.54) is 10.9 Å². The first-order valence-electron chi connectivity index (χ1n) is 6.51. The van der Waals surface area contributed by atoms with E-state index in [0.717, 1.165) is 28.9 Å². The van der Waals surface area contributed by atoms with Gasteiger partial charge in [-0.25, -0.2) is 0 Å². The van der Waals surface area contributed by atoms with Crippen LogP contribution in [0.1, 0.15) is 23.2 Å². The number of carbonyl (C=O) groups is 1. The van der Waals surface area contributed by atoms with Crippen LogP contribution >= 0.6 is 0 Å². The lowest BCUT2D eigenvalue weighted by atomic mass is 9.87. The fraction of sp³-hybridized carbons (Fsp3) is 0.400. The summed E-state index contributed by atoms with van der Waals surface area (Å²) >= 11 is 0. The third kappa shape index (κ3) is 1.87. The first-order chi connectivity index (χ1) is 9.10. The molecule has 4 heteroatoms. The average molecular weight is 259 g/mol. The first-order valence-corrected chi connectivity index (χ1v) is 6.51. The lowest BCUT2D eigenvalue weighted by Gasteiger charge is -2.18. The molecule has 1 atom stereocenters. The number of rotatable bonds is 2. The minimum Gasteiger partial charge on any atom is -0.495 e. The molecule has 1 aliphatic rings. The van der Waals surface area contributed by atoms with Crippen molar-refractivity contribution in [2.24, 2.45) is 5.92 Å². The van der Waals surface area contributed by atoms with Crippen LogP contribution in [0.25, 0.3) is 10.9 Å². The van der Waals surface area contributed by atoms with Gasteiger partial charge in [0.25, 0.3) is 0 Å². The van der Waals surface area contributed by atoms with Gasteiger partial charge in [0.2, 0.25) is 0 Å². The number of carboxylic acids is 1. The molecule has 3 rings (SSSR count). The van der Waals surface area contributed by atoms with Crippen molar-refractivity contribution >= 4 is 16.9 Å². The highest BCUT2D eigenvalue weighted by molar-refractivity contribution is 5.91. The predicted molar refractivity (Wildman–Crippen MR) is 72.7 cm³/mol. The molecule has 100 valence electrons. The zero-order chi connectivity index (χ0) is 13.6. The molecule has 0 spiro atoms. The minimum atomic E-state index is -0.701. The number of hydrogen-bond donors (Lipinski definition) is 2. The molecule has 19 heavy (non-hydrogen) atoms. The van der Waals surface area contributed by atoms with E-state index in [4.69, 9.17) is 9.84 Å². The Morgan fingerprint density at radius 3 is 2.95 bits per heavy atom. The van der Waals surface area contributed by atoms with Gasteiger partial charge >= 0.3 is 5.97 Å². The number of benzene rings is 1. The van der Waals surface area contributed by atoms with Crippen molar-refractivity contribution in [2.75, 3.05) is 7.11 Å². The Bertz CT molecular complexity index is 657. The van der Waals surface area contributed by atoms with E-state index in [2.05, 4.69) is 11.1 Å². The zero-order valence-corrected chi connectivity index (χ0v) is 11.1. The third-order valence-electron chi connectivity index (χ3n) is 3.97. The van der Waals surface area contributed by atoms with E-state index in [1.54, 1.807) is 7.11 Å². The molecule has 0 fully saturated rings. The summed E-state index contributed by atoms with van der Waals surface area (Å²) in [5.74, 6) is -0.142. The second-order valence-electron chi connectivity index (χ2n) is 5.25. The van der Waals surface area contributed by atoms with Gasteiger partial charge in [0.15, 0.2) is 0 Å². The summed E-state index contributed by atoms with van der Waals surface area (Å²) in [5.41, 5.74) is 4.46. The van der Waals surface area contributed by atoms with Crippen molar-refractivity contribution in [3.63, 3.8) is 0 Å². The number of methoxy groups -OCH3 is 1. The maximum absolute atomic E-state index is 11.1. The monoisotopic (exact) mass is 259 g/mol. The van der Waals surface area contributed by atoms with Crippen molar-refractivity contribution in [2.45, 2.75) is 26.2 Å². The molecule has 2 aromatic rings. The largest absolute Gasteiger partial charge is 0.495 e. The minimum absolute atomic E-state index is 0.271. The van der Waals surface area contributed by atoms with Gasteiger partial charge in [0.1, 0.15) is 5.75 Å². The van der Waals surface area contributed by atoms with Crippen molar-refractivity contribution in [1.82, 2.24) is 4.98 Å². The topological polar surface area (TPSA) is 62.3 Å². The normalized spacial score (nSPS) is 18.3. The van der Waals surface area contributed by atoms with Crippen LogP contribution in [0.2, 0.25) is 0 Å². The summed E-state index contributed by atoms with van der Waals surface area (Å²) in [5, 5.41) is 10.3. The van der Waals surface area contributed by atoms with Crippen molar-refractivity contribution in [3.8, 4) is 5.75 Å². The number of nitrogens with one attached hydrogen (secondary N) is 1. The standard InChI is InChI=1S/C15H17NO3/c1-8-5-11-10-4-3-9(15(17)18)7-12(10)16-14(11)13(6-8)19-2/h5-6,9,16H,3-4,7H2,1-2H3,(H,17,18). The molecule has 1 aromatic heterocycles. The summed E-state index contributed by atoms with van der Waals surface area (Å²) in [4.78, 5) is 14.5.